The molecule has 0 aliphatic rings. The molecule has 2 nitrogen and oxygen atoms in total. The second-order valence-corrected chi connectivity index (χ2v) is 1.65. The largest absolute Gasteiger partial charge is 0.450 e. The van der Waals surface area contributed by atoms with Gasteiger partial charge in [-0.15, -0.1) is 5.92 Å². The number of rotatable bonds is 1. The Kier molecular flexibility index (Phi) is 3.54. The van der Waals surface area contributed by atoms with Gasteiger partial charge in [-0.05, 0) is 13.8 Å². The molecule has 0 N–H and O–H groups in total. The molecule has 0 spiro atoms. The van der Waals surface area contributed by atoms with Crippen LogP contribution < -0.4 is 0 Å². The van der Waals surface area contributed by atoms with Gasteiger partial charge in [0.05, 0.1) is 0 Å². The molecule has 0 aliphatic heterocycles. The quantitative estimate of drug-likeness (QED) is 0.386. The van der Waals surface area contributed by atoms with Crippen molar-refractivity contribution >= 4 is 5.97 Å². The topological polar surface area (TPSA) is 26.3 Å². The van der Waals surface area contributed by atoms with E-state index in [2.05, 4.69) is 16.6 Å². The maximum Gasteiger partial charge on any atom is 0.303 e. The molecule has 0 heterocycles. The van der Waals surface area contributed by atoms with Crippen LogP contribution in [0.4, 0.5) is 0 Å². The number of esters is 1. The Hall–Kier alpha value is -0.970. The van der Waals surface area contributed by atoms with Gasteiger partial charge in [0.25, 0.3) is 0 Å². The van der Waals surface area contributed by atoms with Crippen molar-refractivity contribution in [2.24, 2.45) is 0 Å². The van der Waals surface area contributed by atoms with Crippen LogP contribution in [0, 0.1) is 11.8 Å². The molecule has 0 fully saturated rings. The lowest BCUT2D eigenvalue weighted by Gasteiger charge is -2.01. The zero-order valence-electron chi connectivity index (χ0n) is 5.89. The standard InChI is InChI=1S/C7H10O2/c1-4-5-6(2)9-7(3)8/h6H,1-3H3/t6-/m0/s1. The molecule has 9 heavy (non-hydrogen) atoms. The molecule has 0 rings (SSSR count). The second-order valence-electron chi connectivity index (χ2n) is 1.65. The van der Waals surface area contributed by atoms with Gasteiger partial charge in [0.1, 0.15) is 0 Å². The monoisotopic (exact) mass is 126 g/mol. The molecule has 50 valence electrons. The Morgan fingerprint density at radius 3 is 2.56 bits per heavy atom. The first-order valence-corrected chi connectivity index (χ1v) is 2.76. The Balaban J connectivity index is 3.59. The normalized spacial score (nSPS) is 11.0. The molecule has 0 unspecified atom stereocenters. The van der Waals surface area contributed by atoms with E-state index >= 15 is 0 Å². The molecular formula is C7H10O2. The van der Waals surface area contributed by atoms with Gasteiger partial charge < -0.3 is 4.74 Å². The lowest BCUT2D eigenvalue weighted by atomic mass is 10.4. The summed E-state index contributed by atoms with van der Waals surface area (Å²) in [6, 6.07) is 0. The number of carbonyl (C=O) groups is 1. The average molecular weight is 126 g/mol. The summed E-state index contributed by atoms with van der Waals surface area (Å²) in [5.41, 5.74) is 0. The van der Waals surface area contributed by atoms with Crippen molar-refractivity contribution in [1.82, 2.24) is 0 Å². The number of hydrogen-bond donors (Lipinski definition) is 0. The van der Waals surface area contributed by atoms with Crippen molar-refractivity contribution in [3.8, 4) is 11.8 Å². The molecule has 0 aliphatic carbocycles. The maximum atomic E-state index is 10.2. The molecule has 0 bridgehead atoms. The molecular weight excluding hydrogens is 116 g/mol. The predicted molar refractivity (Wildman–Crippen MR) is 34.7 cm³/mol. The molecule has 0 saturated carbocycles. The van der Waals surface area contributed by atoms with E-state index in [0.29, 0.717) is 0 Å². The van der Waals surface area contributed by atoms with Gasteiger partial charge in [0.2, 0.25) is 0 Å². The van der Waals surface area contributed by atoms with Crippen LogP contribution in [-0.2, 0) is 9.53 Å². The van der Waals surface area contributed by atoms with E-state index in [-0.39, 0.29) is 12.1 Å². The Morgan fingerprint density at radius 1 is 1.67 bits per heavy atom. The third kappa shape index (κ3) is 4.89. The number of carbonyl (C=O) groups excluding carboxylic acids is 1. The third-order valence-corrected chi connectivity index (χ3v) is 0.690. The summed E-state index contributed by atoms with van der Waals surface area (Å²) < 4.78 is 4.68. The van der Waals surface area contributed by atoms with Crippen LogP contribution in [0.15, 0.2) is 0 Å². The minimum atomic E-state index is -0.287. The van der Waals surface area contributed by atoms with E-state index in [0.717, 1.165) is 0 Å². The third-order valence-electron chi connectivity index (χ3n) is 0.690. The fourth-order valence-electron chi connectivity index (χ4n) is 0.482. The van der Waals surface area contributed by atoms with Crippen molar-refractivity contribution in [3.05, 3.63) is 0 Å². The van der Waals surface area contributed by atoms with E-state index < -0.39 is 0 Å². The first-order chi connectivity index (χ1) is 4.16. The van der Waals surface area contributed by atoms with E-state index in [1.54, 1.807) is 13.8 Å². The summed E-state index contributed by atoms with van der Waals surface area (Å²) in [4.78, 5) is 10.2. The minimum absolute atomic E-state index is 0.271. The lowest BCUT2D eigenvalue weighted by molar-refractivity contribution is -0.143. The average Bonchev–Trinajstić information content (AvgIpc) is 1.63. The summed E-state index contributed by atoms with van der Waals surface area (Å²) in [7, 11) is 0. The first kappa shape index (κ1) is 8.03. The molecule has 0 aromatic rings. The lowest BCUT2D eigenvalue weighted by Crippen LogP contribution is -2.08. The molecule has 0 aromatic carbocycles. The fourth-order valence-corrected chi connectivity index (χ4v) is 0.482. The van der Waals surface area contributed by atoms with Crippen molar-refractivity contribution in [2.75, 3.05) is 0 Å². The first-order valence-electron chi connectivity index (χ1n) is 2.76. The molecule has 0 radical (unpaired) electrons. The smallest absolute Gasteiger partial charge is 0.303 e. The molecule has 0 aromatic heterocycles. The summed E-state index contributed by atoms with van der Waals surface area (Å²) in [5.74, 6) is 5.04. The zero-order valence-corrected chi connectivity index (χ0v) is 5.89. The van der Waals surface area contributed by atoms with E-state index in [1.807, 2.05) is 0 Å². The highest BCUT2D eigenvalue weighted by atomic mass is 16.5. The Morgan fingerprint density at radius 2 is 2.22 bits per heavy atom. The molecule has 0 saturated heterocycles. The number of hydrogen-bond acceptors (Lipinski definition) is 2. The Labute approximate surface area is 55.2 Å². The summed E-state index contributed by atoms with van der Waals surface area (Å²) >= 11 is 0. The highest BCUT2D eigenvalue weighted by Crippen LogP contribution is 1.87. The zero-order chi connectivity index (χ0) is 7.28. The van der Waals surface area contributed by atoms with Crippen molar-refractivity contribution in [2.45, 2.75) is 26.9 Å². The minimum Gasteiger partial charge on any atom is -0.450 e. The van der Waals surface area contributed by atoms with Gasteiger partial charge in [-0.3, -0.25) is 4.79 Å². The number of ether oxygens (including phenoxy) is 1. The van der Waals surface area contributed by atoms with Gasteiger partial charge >= 0.3 is 5.97 Å². The van der Waals surface area contributed by atoms with Crippen molar-refractivity contribution < 1.29 is 9.53 Å². The van der Waals surface area contributed by atoms with Crippen LogP contribution in [0.1, 0.15) is 20.8 Å². The highest BCUT2D eigenvalue weighted by Gasteiger charge is 1.97. The predicted octanol–water partition coefficient (Wildman–Crippen LogP) is 0.961. The van der Waals surface area contributed by atoms with Gasteiger partial charge in [-0.25, -0.2) is 0 Å². The fraction of sp³-hybridized carbons (Fsp3) is 0.571. The van der Waals surface area contributed by atoms with E-state index in [1.165, 1.54) is 6.92 Å². The van der Waals surface area contributed by atoms with Crippen molar-refractivity contribution in [3.63, 3.8) is 0 Å². The van der Waals surface area contributed by atoms with E-state index in [4.69, 9.17) is 0 Å². The molecule has 2 heteroatoms. The van der Waals surface area contributed by atoms with Gasteiger partial charge in [0, 0.05) is 6.92 Å². The van der Waals surface area contributed by atoms with E-state index in [9.17, 15) is 4.79 Å². The van der Waals surface area contributed by atoms with Gasteiger partial charge in [0.15, 0.2) is 6.10 Å². The maximum absolute atomic E-state index is 10.2. The van der Waals surface area contributed by atoms with Crippen LogP contribution in [0.3, 0.4) is 0 Å². The van der Waals surface area contributed by atoms with Gasteiger partial charge in [-0.2, -0.15) is 0 Å². The van der Waals surface area contributed by atoms with Crippen LogP contribution in [0.5, 0.6) is 0 Å². The summed E-state index contributed by atoms with van der Waals surface area (Å²) in [6.07, 6.45) is -0.271. The second kappa shape index (κ2) is 3.96. The van der Waals surface area contributed by atoms with Crippen LogP contribution >= 0.6 is 0 Å². The summed E-state index contributed by atoms with van der Waals surface area (Å²) in [6.45, 7) is 4.81. The molecule has 1 atom stereocenters. The van der Waals surface area contributed by atoms with Crippen molar-refractivity contribution in [1.29, 1.82) is 0 Å². The van der Waals surface area contributed by atoms with Gasteiger partial charge in [-0.1, -0.05) is 5.92 Å². The van der Waals surface area contributed by atoms with Crippen LogP contribution in [0.2, 0.25) is 0 Å². The van der Waals surface area contributed by atoms with Crippen LogP contribution in [-0.4, -0.2) is 12.1 Å². The summed E-state index contributed by atoms with van der Waals surface area (Å²) in [5, 5.41) is 0. The SMILES string of the molecule is CC#C[C@H](C)OC(C)=O. The Bertz CT molecular complexity index is 150. The van der Waals surface area contributed by atoms with Crippen LogP contribution in [0.25, 0.3) is 0 Å². The highest BCUT2D eigenvalue weighted by molar-refractivity contribution is 5.66. The molecule has 0 amide bonds.